The number of carbonyl (C=O) groups excluding carboxylic acids is 1. The molecule has 0 saturated carbocycles. The van der Waals surface area contributed by atoms with E-state index in [9.17, 15) is 22.0 Å². The normalized spacial score (nSPS) is 23.1. The number of sulfonamides is 1. The van der Waals surface area contributed by atoms with Crippen LogP contribution in [0.1, 0.15) is 28.8 Å². The van der Waals surface area contributed by atoms with Crippen LogP contribution in [0, 0.1) is 11.6 Å². The van der Waals surface area contributed by atoms with Crippen LogP contribution in [0.25, 0.3) is 0 Å². The number of rotatable bonds is 2. The van der Waals surface area contributed by atoms with E-state index in [-0.39, 0.29) is 13.1 Å². The van der Waals surface area contributed by atoms with Crippen LogP contribution in [0.3, 0.4) is 0 Å². The Morgan fingerprint density at radius 1 is 1.04 bits per heavy atom. The number of ether oxygens (including phenoxy) is 1. The average molecular weight is 379 g/mol. The van der Waals surface area contributed by atoms with Crippen LogP contribution in [0.5, 0.6) is 0 Å². The maximum Gasteiger partial charge on any atom is 0.339 e. The van der Waals surface area contributed by atoms with Crippen molar-refractivity contribution in [2.24, 2.45) is 0 Å². The van der Waals surface area contributed by atoms with Crippen molar-refractivity contribution in [2.75, 3.05) is 13.1 Å². The molecule has 2 aromatic carbocycles. The van der Waals surface area contributed by atoms with Crippen molar-refractivity contribution in [3.05, 3.63) is 65.2 Å². The predicted molar refractivity (Wildman–Crippen MR) is 87.9 cm³/mol. The van der Waals surface area contributed by atoms with E-state index in [2.05, 4.69) is 0 Å². The smallest absolute Gasteiger partial charge is 0.339 e. The maximum atomic E-state index is 14.0. The molecule has 1 fully saturated rings. The number of benzene rings is 2. The number of hydrogen-bond acceptors (Lipinski definition) is 4. The van der Waals surface area contributed by atoms with E-state index >= 15 is 0 Å². The van der Waals surface area contributed by atoms with Gasteiger partial charge in [0, 0.05) is 12.1 Å². The molecule has 1 atom stereocenters. The average Bonchev–Trinajstić information content (AvgIpc) is 2.87. The molecule has 0 aromatic heterocycles. The third-order valence-electron chi connectivity index (χ3n) is 4.86. The van der Waals surface area contributed by atoms with Crippen molar-refractivity contribution in [3.8, 4) is 0 Å². The zero-order chi connectivity index (χ0) is 18.5. The summed E-state index contributed by atoms with van der Waals surface area (Å²) < 4.78 is 60.4. The fourth-order valence-corrected chi connectivity index (χ4v) is 5.33. The molecule has 2 aliphatic rings. The summed E-state index contributed by atoms with van der Waals surface area (Å²) >= 11 is 0. The van der Waals surface area contributed by atoms with Crippen molar-refractivity contribution in [1.29, 1.82) is 0 Å². The van der Waals surface area contributed by atoms with E-state index in [1.165, 1.54) is 0 Å². The van der Waals surface area contributed by atoms with Gasteiger partial charge in [-0.25, -0.2) is 22.0 Å². The third-order valence-corrected chi connectivity index (χ3v) is 6.76. The first kappa shape index (κ1) is 17.1. The molecule has 4 rings (SSSR count). The van der Waals surface area contributed by atoms with Gasteiger partial charge in [-0.3, -0.25) is 0 Å². The summed E-state index contributed by atoms with van der Waals surface area (Å²) in [4.78, 5) is 11.2. The fraction of sp³-hybridized carbons (Fsp3) is 0.278. The second-order valence-electron chi connectivity index (χ2n) is 6.42. The minimum absolute atomic E-state index is 0.0948. The van der Waals surface area contributed by atoms with E-state index in [0.29, 0.717) is 24.0 Å². The Hall–Kier alpha value is -2.32. The molecule has 0 radical (unpaired) electrons. The highest BCUT2D eigenvalue weighted by Gasteiger charge is 2.50. The Labute approximate surface area is 149 Å². The number of nitrogens with zero attached hydrogens (tertiary/aromatic N) is 1. The highest BCUT2D eigenvalue weighted by molar-refractivity contribution is 7.89. The van der Waals surface area contributed by atoms with Gasteiger partial charge in [0.1, 0.15) is 11.6 Å². The Morgan fingerprint density at radius 3 is 2.46 bits per heavy atom. The van der Waals surface area contributed by atoms with Gasteiger partial charge in [-0.15, -0.1) is 0 Å². The van der Waals surface area contributed by atoms with Crippen molar-refractivity contribution >= 4 is 16.0 Å². The lowest BCUT2D eigenvalue weighted by atomic mass is 9.86. The first-order valence-corrected chi connectivity index (χ1v) is 9.56. The lowest BCUT2D eigenvalue weighted by Gasteiger charge is -2.38. The first-order chi connectivity index (χ1) is 12.3. The largest absolute Gasteiger partial charge is 0.449 e. The van der Waals surface area contributed by atoms with Crippen LogP contribution in [0.2, 0.25) is 0 Å². The molecular formula is C18H15F2NO4S. The fourth-order valence-electron chi connectivity index (χ4n) is 3.70. The number of piperidine rings is 1. The molecule has 0 aliphatic carbocycles. The van der Waals surface area contributed by atoms with Crippen LogP contribution in [0.4, 0.5) is 8.78 Å². The van der Waals surface area contributed by atoms with E-state index < -0.39 is 38.1 Å². The van der Waals surface area contributed by atoms with Gasteiger partial charge in [-0.1, -0.05) is 24.3 Å². The van der Waals surface area contributed by atoms with Gasteiger partial charge in [0.15, 0.2) is 10.5 Å². The van der Waals surface area contributed by atoms with Crippen molar-refractivity contribution < 1.29 is 26.7 Å². The van der Waals surface area contributed by atoms with Crippen molar-refractivity contribution in [3.63, 3.8) is 0 Å². The summed E-state index contributed by atoms with van der Waals surface area (Å²) in [6.45, 7) is -0.0799. The minimum atomic E-state index is -4.41. The first-order valence-electron chi connectivity index (χ1n) is 8.12. The number of halogens is 2. The molecule has 2 aromatic rings. The Bertz CT molecular complexity index is 988. The van der Waals surface area contributed by atoms with E-state index in [1.54, 1.807) is 24.3 Å². The molecule has 5 nitrogen and oxygen atoms in total. The van der Waals surface area contributed by atoms with Gasteiger partial charge in [-0.05, 0) is 31.0 Å². The highest BCUT2D eigenvalue weighted by atomic mass is 32.2. The quantitative estimate of drug-likeness (QED) is 0.753. The molecule has 2 heterocycles. The lowest BCUT2D eigenvalue weighted by molar-refractivity contribution is -0.0346. The van der Waals surface area contributed by atoms with Gasteiger partial charge in [0.05, 0.1) is 12.1 Å². The molecule has 1 unspecified atom stereocenters. The molecule has 0 N–H and O–H groups in total. The number of esters is 1. The minimum Gasteiger partial charge on any atom is -0.449 e. The Kier molecular flexibility index (Phi) is 3.85. The van der Waals surface area contributed by atoms with Crippen molar-refractivity contribution in [1.82, 2.24) is 4.31 Å². The zero-order valence-electron chi connectivity index (χ0n) is 13.6. The van der Waals surface area contributed by atoms with Gasteiger partial charge in [0.25, 0.3) is 0 Å². The highest BCUT2D eigenvalue weighted by Crippen LogP contribution is 2.44. The number of fused-ring (bicyclic) bond motifs is 2. The van der Waals surface area contributed by atoms with Gasteiger partial charge in [0.2, 0.25) is 10.0 Å². The molecule has 1 spiro atoms. The Balaban J connectivity index is 1.76. The summed E-state index contributed by atoms with van der Waals surface area (Å²) in [5.41, 5.74) is -0.122. The molecule has 8 heteroatoms. The monoisotopic (exact) mass is 379 g/mol. The number of hydrogen-bond donors (Lipinski definition) is 0. The van der Waals surface area contributed by atoms with Crippen LogP contribution < -0.4 is 0 Å². The van der Waals surface area contributed by atoms with E-state index in [0.717, 1.165) is 22.5 Å². The zero-order valence-corrected chi connectivity index (χ0v) is 14.4. The summed E-state index contributed by atoms with van der Waals surface area (Å²) in [6, 6.07) is 9.70. The summed E-state index contributed by atoms with van der Waals surface area (Å²) in [5.74, 6) is -2.81. The van der Waals surface area contributed by atoms with Gasteiger partial charge >= 0.3 is 5.97 Å². The molecule has 1 saturated heterocycles. The maximum absolute atomic E-state index is 14.0. The van der Waals surface area contributed by atoms with Gasteiger partial charge < -0.3 is 4.74 Å². The molecule has 0 bridgehead atoms. The summed E-state index contributed by atoms with van der Waals surface area (Å²) in [5, 5.41) is 0. The molecule has 136 valence electrons. The van der Waals surface area contributed by atoms with Crippen LogP contribution in [-0.2, 0) is 20.4 Å². The van der Waals surface area contributed by atoms with Gasteiger partial charge in [-0.2, -0.15) is 4.31 Å². The predicted octanol–water partition coefficient (Wildman–Crippen LogP) is 2.82. The second-order valence-corrected chi connectivity index (χ2v) is 8.30. The molecule has 0 amide bonds. The molecular weight excluding hydrogens is 364 g/mol. The molecule has 26 heavy (non-hydrogen) atoms. The summed E-state index contributed by atoms with van der Waals surface area (Å²) in [6.07, 6.45) is 0.846. The SMILES string of the molecule is O=C1OC2(CCCN(S(=O)(=O)c3c(F)cccc3F)C2)c2ccccc21. The van der Waals surface area contributed by atoms with E-state index in [4.69, 9.17) is 4.74 Å². The van der Waals surface area contributed by atoms with E-state index in [1.807, 2.05) is 0 Å². The standard InChI is InChI=1S/C18H15F2NO4S/c19-14-7-3-8-15(20)16(14)26(23,24)21-10-4-9-18(11-21)13-6-2-1-5-12(13)17(22)25-18/h1-3,5-8H,4,9-11H2. The number of carbonyl (C=O) groups is 1. The third kappa shape index (κ3) is 2.44. The topological polar surface area (TPSA) is 63.7 Å². The Morgan fingerprint density at radius 2 is 1.73 bits per heavy atom. The second kappa shape index (κ2) is 5.85. The van der Waals surface area contributed by atoms with Crippen LogP contribution in [0.15, 0.2) is 47.4 Å². The molecule has 2 aliphatic heterocycles. The van der Waals surface area contributed by atoms with Crippen molar-refractivity contribution in [2.45, 2.75) is 23.3 Å². The van der Waals surface area contributed by atoms with Crippen LogP contribution >= 0.6 is 0 Å². The lowest BCUT2D eigenvalue weighted by Crippen LogP contribution is -2.49. The van der Waals surface area contributed by atoms with Crippen LogP contribution in [-0.4, -0.2) is 31.8 Å². The summed E-state index contributed by atoms with van der Waals surface area (Å²) in [7, 11) is -4.41.